The SMILES string of the molecule is Cc1ccc(/C=N\NC(=O)CN2CCCCCC2=O)cc1. The van der Waals surface area contributed by atoms with Gasteiger partial charge in [-0.25, -0.2) is 5.43 Å². The first-order valence-electron chi connectivity index (χ1n) is 7.31. The molecule has 0 aromatic heterocycles. The highest BCUT2D eigenvalue weighted by molar-refractivity contribution is 5.86. The van der Waals surface area contributed by atoms with Crippen LogP contribution in [0.1, 0.15) is 36.8 Å². The molecule has 0 atom stereocenters. The molecule has 1 aromatic rings. The Morgan fingerprint density at radius 2 is 2.05 bits per heavy atom. The van der Waals surface area contributed by atoms with Gasteiger partial charge in [0.1, 0.15) is 6.54 Å². The predicted octanol–water partition coefficient (Wildman–Crippen LogP) is 1.85. The number of hydrazone groups is 1. The zero-order valence-electron chi connectivity index (χ0n) is 12.3. The van der Waals surface area contributed by atoms with Gasteiger partial charge in [-0.3, -0.25) is 9.59 Å². The standard InChI is InChI=1S/C16H21N3O2/c1-13-6-8-14(9-7-13)11-17-18-15(20)12-19-10-4-2-3-5-16(19)21/h6-9,11H,2-5,10,12H2,1H3,(H,18,20)/b17-11-. The van der Waals surface area contributed by atoms with E-state index in [9.17, 15) is 9.59 Å². The fourth-order valence-electron chi connectivity index (χ4n) is 2.25. The molecule has 1 saturated heterocycles. The zero-order chi connectivity index (χ0) is 15.1. The Balaban J connectivity index is 1.81. The highest BCUT2D eigenvalue weighted by atomic mass is 16.2. The van der Waals surface area contributed by atoms with Gasteiger partial charge < -0.3 is 4.90 Å². The van der Waals surface area contributed by atoms with Crippen molar-refractivity contribution in [3.8, 4) is 0 Å². The number of benzene rings is 1. The van der Waals surface area contributed by atoms with E-state index in [4.69, 9.17) is 0 Å². The van der Waals surface area contributed by atoms with Crippen molar-refractivity contribution in [3.63, 3.8) is 0 Å². The smallest absolute Gasteiger partial charge is 0.259 e. The lowest BCUT2D eigenvalue weighted by Gasteiger charge is -2.18. The molecule has 1 aliphatic rings. The number of amides is 2. The molecule has 2 rings (SSSR count). The Morgan fingerprint density at radius 1 is 1.29 bits per heavy atom. The summed E-state index contributed by atoms with van der Waals surface area (Å²) in [6.07, 6.45) is 5.07. The lowest BCUT2D eigenvalue weighted by Crippen LogP contribution is -2.39. The summed E-state index contributed by atoms with van der Waals surface area (Å²) >= 11 is 0. The third kappa shape index (κ3) is 5.02. The summed E-state index contributed by atoms with van der Waals surface area (Å²) < 4.78 is 0. The Hall–Kier alpha value is -2.17. The second-order valence-electron chi connectivity index (χ2n) is 5.33. The largest absolute Gasteiger partial charge is 0.333 e. The third-order valence-corrected chi connectivity index (χ3v) is 3.49. The first kappa shape index (κ1) is 15.2. The van der Waals surface area contributed by atoms with Gasteiger partial charge in [0.25, 0.3) is 5.91 Å². The number of nitrogens with zero attached hydrogens (tertiary/aromatic N) is 2. The maximum Gasteiger partial charge on any atom is 0.259 e. The van der Waals surface area contributed by atoms with E-state index in [0.29, 0.717) is 13.0 Å². The molecule has 0 aliphatic carbocycles. The molecule has 0 spiro atoms. The topological polar surface area (TPSA) is 61.8 Å². The molecule has 0 unspecified atom stereocenters. The highest BCUT2D eigenvalue weighted by Gasteiger charge is 2.18. The van der Waals surface area contributed by atoms with E-state index in [2.05, 4.69) is 10.5 Å². The summed E-state index contributed by atoms with van der Waals surface area (Å²) in [5.41, 5.74) is 4.57. The summed E-state index contributed by atoms with van der Waals surface area (Å²) in [7, 11) is 0. The van der Waals surface area contributed by atoms with E-state index in [1.165, 1.54) is 5.56 Å². The Kier molecular flexibility index (Phi) is 5.49. The molecular formula is C16H21N3O2. The number of likely N-dealkylation sites (tertiary alicyclic amines) is 1. The van der Waals surface area contributed by atoms with Gasteiger partial charge in [0.15, 0.2) is 0 Å². The van der Waals surface area contributed by atoms with Crippen LogP contribution >= 0.6 is 0 Å². The normalized spacial score (nSPS) is 16.0. The monoisotopic (exact) mass is 287 g/mol. The van der Waals surface area contributed by atoms with Gasteiger partial charge in [-0.1, -0.05) is 36.2 Å². The maximum absolute atomic E-state index is 11.8. The first-order valence-corrected chi connectivity index (χ1v) is 7.31. The average molecular weight is 287 g/mol. The Bertz CT molecular complexity index is 523. The summed E-state index contributed by atoms with van der Waals surface area (Å²) in [5.74, 6) is -0.196. The van der Waals surface area contributed by atoms with Crippen molar-refractivity contribution in [2.75, 3.05) is 13.1 Å². The molecule has 1 aromatic carbocycles. The van der Waals surface area contributed by atoms with E-state index in [0.717, 1.165) is 24.8 Å². The molecule has 2 amide bonds. The molecule has 0 saturated carbocycles. The third-order valence-electron chi connectivity index (χ3n) is 3.49. The molecule has 1 fully saturated rings. The van der Waals surface area contributed by atoms with Crippen molar-refractivity contribution in [2.24, 2.45) is 5.10 Å². The minimum absolute atomic E-state index is 0.0603. The van der Waals surface area contributed by atoms with Gasteiger partial charge in [0.05, 0.1) is 6.21 Å². The molecular weight excluding hydrogens is 266 g/mol. The van der Waals surface area contributed by atoms with Crippen LogP contribution in [0.4, 0.5) is 0 Å². The van der Waals surface area contributed by atoms with Crippen molar-refractivity contribution in [1.29, 1.82) is 0 Å². The first-order chi connectivity index (χ1) is 10.1. The van der Waals surface area contributed by atoms with Crippen LogP contribution in [-0.2, 0) is 9.59 Å². The van der Waals surface area contributed by atoms with Gasteiger partial charge in [-0.15, -0.1) is 0 Å². The zero-order valence-corrected chi connectivity index (χ0v) is 12.3. The van der Waals surface area contributed by atoms with E-state index in [-0.39, 0.29) is 18.4 Å². The molecule has 1 heterocycles. The van der Waals surface area contributed by atoms with Crippen molar-refractivity contribution < 1.29 is 9.59 Å². The van der Waals surface area contributed by atoms with Crippen molar-refractivity contribution >= 4 is 18.0 Å². The number of hydrogen-bond donors (Lipinski definition) is 1. The minimum Gasteiger partial charge on any atom is -0.333 e. The van der Waals surface area contributed by atoms with Crippen molar-refractivity contribution in [3.05, 3.63) is 35.4 Å². The Labute approximate surface area is 125 Å². The van der Waals surface area contributed by atoms with Crippen LogP contribution in [0.25, 0.3) is 0 Å². The number of aryl methyl sites for hydroxylation is 1. The van der Waals surface area contributed by atoms with Gasteiger partial charge >= 0.3 is 0 Å². The molecule has 1 aliphatic heterocycles. The molecule has 112 valence electrons. The van der Waals surface area contributed by atoms with Crippen LogP contribution in [0.3, 0.4) is 0 Å². The van der Waals surface area contributed by atoms with E-state index in [1.54, 1.807) is 11.1 Å². The maximum atomic E-state index is 11.8. The van der Waals surface area contributed by atoms with Crippen LogP contribution in [0.5, 0.6) is 0 Å². The number of carbonyl (C=O) groups excluding carboxylic acids is 2. The molecule has 5 heteroatoms. The number of nitrogens with one attached hydrogen (secondary N) is 1. The van der Waals surface area contributed by atoms with E-state index >= 15 is 0 Å². The summed E-state index contributed by atoms with van der Waals surface area (Å²) in [6.45, 7) is 2.76. The predicted molar refractivity (Wildman–Crippen MR) is 82.0 cm³/mol. The van der Waals surface area contributed by atoms with Crippen molar-refractivity contribution in [2.45, 2.75) is 32.6 Å². The summed E-state index contributed by atoms with van der Waals surface area (Å²) in [5, 5.41) is 3.92. The van der Waals surface area contributed by atoms with Crippen LogP contribution in [0, 0.1) is 6.92 Å². The van der Waals surface area contributed by atoms with Gasteiger partial charge in [-0.2, -0.15) is 5.10 Å². The van der Waals surface area contributed by atoms with Crippen LogP contribution in [0.2, 0.25) is 0 Å². The molecule has 0 radical (unpaired) electrons. The number of hydrogen-bond acceptors (Lipinski definition) is 3. The minimum atomic E-state index is -0.256. The lowest BCUT2D eigenvalue weighted by molar-refractivity contribution is -0.135. The quantitative estimate of drug-likeness (QED) is 0.678. The summed E-state index contributed by atoms with van der Waals surface area (Å²) in [4.78, 5) is 25.2. The van der Waals surface area contributed by atoms with Gasteiger partial charge in [0.2, 0.25) is 5.91 Å². The highest BCUT2D eigenvalue weighted by Crippen LogP contribution is 2.10. The summed E-state index contributed by atoms with van der Waals surface area (Å²) in [6, 6.07) is 7.84. The molecule has 21 heavy (non-hydrogen) atoms. The van der Waals surface area contributed by atoms with Crippen LogP contribution < -0.4 is 5.43 Å². The fourth-order valence-corrected chi connectivity index (χ4v) is 2.25. The lowest BCUT2D eigenvalue weighted by atomic mass is 10.2. The van der Waals surface area contributed by atoms with Crippen LogP contribution in [0.15, 0.2) is 29.4 Å². The van der Waals surface area contributed by atoms with E-state index < -0.39 is 0 Å². The molecule has 1 N–H and O–H groups in total. The fraction of sp³-hybridized carbons (Fsp3) is 0.438. The van der Waals surface area contributed by atoms with Gasteiger partial charge in [0, 0.05) is 13.0 Å². The number of rotatable bonds is 4. The van der Waals surface area contributed by atoms with E-state index in [1.807, 2.05) is 31.2 Å². The van der Waals surface area contributed by atoms with Crippen molar-refractivity contribution in [1.82, 2.24) is 10.3 Å². The number of carbonyl (C=O) groups is 2. The van der Waals surface area contributed by atoms with Gasteiger partial charge in [-0.05, 0) is 25.3 Å². The average Bonchev–Trinajstić information content (AvgIpc) is 2.66. The Morgan fingerprint density at radius 3 is 2.81 bits per heavy atom. The second-order valence-corrected chi connectivity index (χ2v) is 5.33. The molecule has 0 bridgehead atoms. The molecule has 5 nitrogen and oxygen atoms in total. The second kappa shape index (κ2) is 7.57. The van der Waals surface area contributed by atoms with Crippen LogP contribution in [-0.4, -0.2) is 36.0 Å².